The van der Waals surface area contributed by atoms with Gasteiger partial charge in [0.2, 0.25) is 5.91 Å². The lowest BCUT2D eigenvalue weighted by Gasteiger charge is -2.29. The fourth-order valence-corrected chi connectivity index (χ4v) is 3.36. The Kier molecular flexibility index (Phi) is 6.77. The highest BCUT2D eigenvalue weighted by Gasteiger charge is 2.30. The van der Waals surface area contributed by atoms with Gasteiger partial charge in [-0.15, -0.1) is 0 Å². The maximum absolute atomic E-state index is 12.7. The smallest absolute Gasteiger partial charge is 0.306 e. The summed E-state index contributed by atoms with van der Waals surface area (Å²) in [6, 6.07) is 6.61. The average Bonchev–Trinajstić information content (AvgIpc) is 2.59. The molecule has 26 heavy (non-hydrogen) atoms. The van der Waals surface area contributed by atoms with Gasteiger partial charge in [-0.25, -0.2) is 0 Å². The molecule has 2 amide bonds. The van der Waals surface area contributed by atoms with Gasteiger partial charge in [-0.1, -0.05) is 32.0 Å². The predicted octanol–water partition coefficient (Wildman–Crippen LogP) is 2.51. The van der Waals surface area contributed by atoms with Crippen molar-refractivity contribution in [3.8, 4) is 0 Å². The van der Waals surface area contributed by atoms with Crippen molar-refractivity contribution < 1.29 is 19.5 Å². The monoisotopic (exact) mass is 360 g/mol. The van der Waals surface area contributed by atoms with E-state index in [-0.39, 0.29) is 29.7 Å². The second kappa shape index (κ2) is 8.83. The van der Waals surface area contributed by atoms with E-state index in [1.165, 1.54) is 0 Å². The minimum Gasteiger partial charge on any atom is -0.481 e. The third-order valence-corrected chi connectivity index (χ3v) is 5.05. The van der Waals surface area contributed by atoms with Crippen LogP contribution in [-0.4, -0.2) is 35.0 Å². The van der Waals surface area contributed by atoms with Gasteiger partial charge in [0.1, 0.15) is 6.04 Å². The van der Waals surface area contributed by atoms with Crippen LogP contribution in [0.3, 0.4) is 0 Å². The van der Waals surface area contributed by atoms with Gasteiger partial charge < -0.3 is 15.7 Å². The SMILES string of the molecule is Cc1ccccc1C(=O)NC(C(=O)NC1CCC(C(=O)O)CC1)C(C)C. The fourth-order valence-electron chi connectivity index (χ4n) is 3.36. The number of aryl methyl sites for hydroxylation is 1. The van der Waals surface area contributed by atoms with Gasteiger partial charge >= 0.3 is 5.97 Å². The number of amides is 2. The molecular weight excluding hydrogens is 332 g/mol. The zero-order valence-electron chi connectivity index (χ0n) is 15.6. The maximum atomic E-state index is 12.7. The van der Waals surface area contributed by atoms with Gasteiger partial charge in [-0.2, -0.15) is 0 Å². The number of carbonyl (C=O) groups excluding carboxylic acids is 2. The van der Waals surface area contributed by atoms with Gasteiger partial charge in [0.05, 0.1) is 5.92 Å². The number of hydrogen-bond donors (Lipinski definition) is 3. The molecule has 1 aromatic rings. The molecule has 0 spiro atoms. The Morgan fingerprint density at radius 1 is 1.08 bits per heavy atom. The molecule has 1 aromatic carbocycles. The van der Waals surface area contributed by atoms with Crippen molar-refractivity contribution in [2.45, 2.75) is 58.5 Å². The highest BCUT2D eigenvalue weighted by molar-refractivity contribution is 5.98. The van der Waals surface area contributed by atoms with Gasteiger partial charge in [-0.05, 0) is 50.2 Å². The number of carbonyl (C=O) groups is 3. The Labute approximate surface area is 154 Å². The molecule has 142 valence electrons. The first-order valence-corrected chi connectivity index (χ1v) is 9.19. The number of hydrogen-bond acceptors (Lipinski definition) is 3. The first-order valence-electron chi connectivity index (χ1n) is 9.19. The molecule has 0 heterocycles. The van der Waals surface area contributed by atoms with E-state index in [9.17, 15) is 14.4 Å². The largest absolute Gasteiger partial charge is 0.481 e. The quantitative estimate of drug-likeness (QED) is 0.726. The number of nitrogens with one attached hydrogen (secondary N) is 2. The van der Waals surface area contributed by atoms with Gasteiger partial charge in [0.25, 0.3) is 5.91 Å². The van der Waals surface area contributed by atoms with E-state index in [4.69, 9.17) is 5.11 Å². The summed E-state index contributed by atoms with van der Waals surface area (Å²) in [5, 5.41) is 14.9. The molecule has 0 bridgehead atoms. The Balaban J connectivity index is 1.96. The molecule has 0 aromatic heterocycles. The third-order valence-electron chi connectivity index (χ3n) is 5.05. The zero-order chi connectivity index (χ0) is 19.3. The molecule has 0 saturated heterocycles. The summed E-state index contributed by atoms with van der Waals surface area (Å²) in [6.07, 6.45) is 2.45. The molecule has 1 aliphatic rings. The summed E-state index contributed by atoms with van der Waals surface area (Å²) in [5.41, 5.74) is 1.42. The number of benzene rings is 1. The number of carboxylic acid groups (broad SMARTS) is 1. The standard InChI is InChI=1S/C20H28N2O4/c1-12(2)17(22-18(23)16-7-5-4-6-13(16)3)19(24)21-15-10-8-14(9-11-15)20(25)26/h4-7,12,14-15,17H,8-11H2,1-3H3,(H,21,24)(H,22,23)(H,25,26). The highest BCUT2D eigenvalue weighted by Crippen LogP contribution is 2.24. The van der Waals surface area contributed by atoms with Crippen LogP contribution in [0.2, 0.25) is 0 Å². The van der Waals surface area contributed by atoms with Crippen molar-refractivity contribution in [1.82, 2.24) is 10.6 Å². The zero-order valence-corrected chi connectivity index (χ0v) is 15.6. The minimum absolute atomic E-state index is 0.0327. The molecule has 2 rings (SSSR count). The van der Waals surface area contributed by atoms with Crippen molar-refractivity contribution >= 4 is 17.8 Å². The molecule has 0 radical (unpaired) electrons. The minimum atomic E-state index is -0.764. The van der Waals surface area contributed by atoms with E-state index in [2.05, 4.69) is 10.6 Å². The van der Waals surface area contributed by atoms with E-state index >= 15 is 0 Å². The molecule has 3 N–H and O–H groups in total. The van der Waals surface area contributed by atoms with Crippen molar-refractivity contribution in [1.29, 1.82) is 0 Å². The van der Waals surface area contributed by atoms with Crippen molar-refractivity contribution in [2.24, 2.45) is 11.8 Å². The Morgan fingerprint density at radius 2 is 1.69 bits per heavy atom. The van der Waals surface area contributed by atoms with E-state index in [0.29, 0.717) is 31.2 Å². The molecule has 1 aliphatic carbocycles. The lowest BCUT2D eigenvalue weighted by Crippen LogP contribution is -2.52. The normalized spacial score (nSPS) is 21.1. The van der Waals surface area contributed by atoms with Crippen LogP contribution in [0.25, 0.3) is 0 Å². The molecule has 1 fully saturated rings. The van der Waals surface area contributed by atoms with E-state index in [1.54, 1.807) is 12.1 Å². The summed E-state index contributed by atoms with van der Waals surface area (Å²) in [6.45, 7) is 5.65. The Morgan fingerprint density at radius 3 is 2.23 bits per heavy atom. The number of aliphatic carboxylic acids is 1. The van der Waals surface area contributed by atoms with Crippen LogP contribution in [0.5, 0.6) is 0 Å². The Bertz CT molecular complexity index is 664. The lowest BCUT2D eigenvalue weighted by atomic mass is 9.86. The summed E-state index contributed by atoms with van der Waals surface area (Å²) in [7, 11) is 0. The van der Waals surface area contributed by atoms with E-state index < -0.39 is 12.0 Å². The third kappa shape index (κ3) is 5.07. The molecule has 0 aliphatic heterocycles. The first kappa shape index (κ1) is 19.9. The molecule has 6 nitrogen and oxygen atoms in total. The van der Waals surface area contributed by atoms with Crippen LogP contribution in [0.1, 0.15) is 55.5 Å². The topological polar surface area (TPSA) is 95.5 Å². The first-order chi connectivity index (χ1) is 12.3. The summed E-state index contributed by atoms with van der Waals surface area (Å²) >= 11 is 0. The second-order valence-electron chi connectivity index (χ2n) is 7.41. The average molecular weight is 360 g/mol. The van der Waals surface area contributed by atoms with Gasteiger partial charge in [-0.3, -0.25) is 14.4 Å². The van der Waals surface area contributed by atoms with Crippen LogP contribution in [0.15, 0.2) is 24.3 Å². The Hall–Kier alpha value is -2.37. The maximum Gasteiger partial charge on any atom is 0.306 e. The van der Waals surface area contributed by atoms with Crippen LogP contribution >= 0.6 is 0 Å². The summed E-state index contributed by atoms with van der Waals surface area (Å²) in [4.78, 5) is 36.2. The number of carboxylic acids is 1. The van der Waals surface area contributed by atoms with Crippen LogP contribution < -0.4 is 10.6 Å². The molecule has 1 unspecified atom stereocenters. The van der Waals surface area contributed by atoms with Crippen molar-refractivity contribution in [3.05, 3.63) is 35.4 Å². The fraction of sp³-hybridized carbons (Fsp3) is 0.550. The van der Waals surface area contributed by atoms with E-state index in [0.717, 1.165) is 5.56 Å². The van der Waals surface area contributed by atoms with Crippen LogP contribution in [0.4, 0.5) is 0 Å². The van der Waals surface area contributed by atoms with E-state index in [1.807, 2.05) is 32.9 Å². The van der Waals surface area contributed by atoms with Crippen molar-refractivity contribution in [2.75, 3.05) is 0 Å². The summed E-state index contributed by atoms with van der Waals surface area (Å²) in [5.74, 6) is -1.60. The van der Waals surface area contributed by atoms with Gasteiger partial charge in [0, 0.05) is 11.6 Å². The molecule has 6 heteroatoms. The van der Waals surface area contributed by atoms with Gasteiger partial charge in [0.15, 0.2) is 0 Å². The molecule has 1 atom stereocenters. The molecule has 1 saturated carbocycles. The summed E-state index contributed by atoms with van der Waals surface area (Å²) < 4.78 is 0. The van der Waals surface area contributed by atoms with Crippen LogP contribution in [-0.2, 0) is 9.59 Å². The highest BCUT2D eigenvalue weighted by atomic mass is 16.4. The lowest BCUT2D eigenvalue weighted by molar-refractivity contribution is -0.142. The van der Waals surface area contributed by atoms with Crippen molar-refractivity contribution in [3.63, 3.8) is 0 Å². The van der Waals surface area contributed by atoms with Crippen LogP contribution in [0, 0.1) is 18.8 Å². The second-order valence-corrected chi connectivity index (χ2v) is 7.41. The molecular formula is C20H28N2O4. The number of rotatable bonds is 6. The predicted molar refractivity (Wildman–Crippen MR) is 98.8 cm³/mol.